The number of carbonyl (C=O) groups excluding carboxylic acids is 1. The SMILES string of the molecule is CCCCCNc1ccc(S(=O)(=O)CC(=O)c2nccs2)cc1. The second-order valence-electron chi connectivity index (χ2n) is 5.18. The van der Waals surface area contributed by atoms with E-state index in [0.717, 1.165) is 36.4 Å². The van der Waals surface area contributed by atoms with Gasteiger partial charge in [-0.15, -0.1) is 11.3 Å². The summed E-state index contributed by atoms with van der Waals surface area (Å²) >= 11 is 1.15. The molecule has 23 heavy (non-hydrogen) atoms. The first-order chi connectivity index (χ1) is 11.0. The predicted molar refractivity (Wildman–Crippen MR) is 93.0 cm³/mol. The monoisotopic (exact) mass is 352 g/mol. The summed E-state index contributed by atoms with van der Waals surface area (Å²) in [7, 11) is -3.64. The van der Waals surface area contributed by atoms with E-state index in [0.29, 0.717) is 0 Å². The third kappa shape index (κ3) is 5.14. The molecule has 0 aliphatic rings. The highest BCUT2D eigenvalue weighted by Crippen LogP contribution is 2.17. The van der Waals surface area contributed by atoms with Gasteiger partial charge in [-0.05, 0) is 30.7 Å². The Morgan fingerprint density at radius 3 is 2.57 bits per heavy atom. The Labute approximate surface area is 140 Å². The van der Waals surface area contributed by atoms with E-state index >= 15 is 0 Å². The lowest BCUT2D eigenvalue weighted by Crippen LogP contribution is -2.16. The summed E-state index contributed by atoms with van der Waals surface area (Å²) in [6.07, 6.45) is 4.90. The maximum Gasteiger partial charge on any atom is 0.206 e. The number of hydrogen-bond donors (Lipinski definition) is 1. The molecule has 1 heterocycles. The molecule has 0 atom stereocenters. The summed E-state index contributed by atoms with van der Waals surface area (Å²) < 4.78 is 24.6. The fourth-order valence-electron chi connectivity index (χ4n) is 2.07. The van der Waals surface area contributed by atoms with Gasteiger partial charge in [-0.25, -0.2) is 13.4 Å². The van der Waals surface area contributed by atoms with Gasteiger partial charge >= 0.3 is 0 Å². The van der Waals surface area contributed by atoms with Crippen molar-refractivity contribution in [3.8, 4) is 0 Å². The lowest BCUT2D eigenvalue weighted by atomic mass is 10.2. The Bertz CT molecular complexity index is 723. The molecular formula is C16H20N2O3S2. The Morgan fingerprint density at radius 2 is 1.96 bits per heavy atom. The van der Waals surface area contributed by atoms with Gasteiger partial charge in [-0.2, -0.15) is 0 Å². The number of carbonyl (C=O) groups is 1. The van der Waals surface area contributed by atoms with Crippen LogP contribution in [-0.4, -0.2) is 31.5 Å². The van der Waals surface area contributed by atoms with Gasteiger partial charge < -0.3 is 5.32 Å². The van der Waals surface area contributed by atoms with E-state index < -0.39 is 21.4 Å². The fourth-order valence-corrected chi connectivity index (χ4v) is 3.93. The molecule has 2 aromatic rings. The molecule has 1 aromatic carbocycles. The van der Waals surface area contributed by atoms with E-state index in [1.165, 1.54) is 24.8 Å². The molecule has 0 saturated carbocycles. The molecule has 7 heteroatoms. The van der Waals surface area contributed by atoms with Gasteiger partial charge in [0, 0.05) is 23.8 Å². The lowest BCUT2D eigenvalue weighted by molar-refractivity contribution is 0.102. The van der Waals surface area contributed by atoms with Crippen molar-refractivity contribution in [2.24, 2.45) is 0 Å². The van der Waals surface area contributed by atoms with Crippen LogP contribution in [0.4, 0.5) is 5.69 Å². The van der Waals surface area contributed by atoms with Crippen molar-refractivity contribution in [2.75, 3.05) is 17.6 Å². The summed E-state index contributed by atoms with van der Waals surface area (Å²) in [4.78, 5) is 15.9. The third-order valence-electron chi connectivity index (χ3n) is 3.31. The second kappa shape index (κ2) is 8.21. The number of Topliss-reactive ketones (excluding diaryl/α,β-unsaturated/α-hetero) is 1. The molecular weight excluding hydrogens is 332 g/mol. The molecule has 124 valence electrons. The summed E-state index contributed by atoms with van der Waals surface area (Å²) in [6, 6.07) is 6.53. The van der Waals surface area contributed by atoms with Gasteiger partial charge in [0.1, 0.15) is 5.75 Å². The van der Waals surface area contributed by atoms with E-state index in [2.05, 4.69) is 17.2 Å². The number of aromatic nitrogens is 1. The minimum atomic E-state index is -3.64. The van der Waals surface area contributed by atoms with Crippen molar-refractivity contribution in [1.82, 2.24) is 4.98 Å². The maximum absolute atomic E-state index is 12.3. The first-order valence-corrected chi connectivity index (χ1v) is 10.1. The number of nitrogens with zero attached hydrogens (tertiary/aromatic N) is 1. The number of rotatable bonds is 9. The molecule has 0 unspecified atom stereocenters. The van der Waals surface area contributed by atoms with Crippen molar-refractivity contribution in [3.05, 3.63) is 40.8 Å². The number of hydrogen-bond acceptors (Lipinski definition) is 6. The Kier molecular flexibility index (Phi) is 6.29. The van der Waals surface area contributed by atoms with Crippen LogP contribution in [0.5, 0.6) is 0 Å². The van der Waals surface area contributed by atoms with Crippen LogP contribution in [0.2, 0.25) is 0 Å². The van der Waals surface area contributed by atoms with E-state index in [9.17, 15) is 13.2 Å². The molecule has 0 aliphatic carbocycles. The smallest absolute Gasteiger partial charge is 0.206 e. The van der Waals surface area contributed by atoms with Crippen molar-refractivity contribution >= 4 is 32.6 Å². The molecule has 1 aromatic heterocycles. The van der Waals surface area contributed by atoms with E-state index in [1.807, 2.05) is 0 Å². The summed E-state index contributed by atoms with van der Waals surface area (Å²) in [5.41, 5.74) is 0.881. The number of nitrogens with one attached hydrogen (secondary N) is 1. The Hall–Kier alpha value is -1.73. The highest BCUT2D eigenvalue weighted by molar-refractivity contribution is 7.92. The molecule has 0 bridgehead atoms. The van der Waals surface area contributed by atoms with Crippen LogP contribution in [-0.2, 0) is 9.84 Å². The van der Waals surface area contributed by atoms with Crippen LogP contribution in [0, 0.1) is 0 Å². The van der Waals surface area contributed by atoms with Crippen molar-refractivity contribution in [1.29, 1.82) is 0 Å². The minimum absolute atomic E-state index is 0.154. The highest BCUT2D eigenvalue weighted by Gasteiger charge is 2.21. The zero-order valence-corrected chi connectivity index (χ0v) is 14.6. The van der Waals surface area contributed by atoms with Crippen molar-refractivity contribution < 1.29 is 13.2 Å². The number of unbranched alkanes of at least 4 members (excludes halogenated alkanes) is 2. The molecule has 2 rings (SSSR count). The normalized spacial score (nSPS) is 11.3. The number of anilines is 1. The van der Waals surface area contributed by atoms with Gasteiger partial charge in [0.25, 0.3) is 0 Å². The average Bonchev–Trinajstić information content (AvgIpc) is 3.06. The molecule has 1 N–H and O–H groups in total. The molecule has 0 saturated heterocycles. The second-order valence-corrected chi connectivity index (χ2v) is 8.06. The average molecular weight is 352 g/mol. The Morgan fingerprint density at radius 1 is 1.22 bits per heavy atom. The topological polar surface area (TPSA) is 76.1 Å². The van der Waals surface area contributed by atoms with Crippen LogP contribution in [0.25, 0.3) is 0 Å². The van der Waals surface area contributed by atoms with Crippen LogP contribution in [0.3, 0.4) is 0 Å². The number of benzene rings is 1. The zero-order valence-electron chi connectivity index (χ0n) is 13.0. The van der Waals surface area contributed by atoms with Crippen LogP contribution < -0.4 is 5.32 Å². The largest absolute Gasteiger partial charge is 0.385 e. The fraction of sp³-hybridized carbons (Fsp3) is 0.375. The number of thiazole rings is 1. The first-order valence-electron chi connectivity index (χ1n) is 7.52. The van der Waals surface area contributed by atoms with E-state index in [4.69, 9.17) is 0 Å². The summed E-state index contributed by atoms with van der Waals surface area (Å²) in [6.45, 7) is 3.01. The van der Waals surface area contributed by atoms with Gasteiger partial charge in [-0.3, -0.25) is 4.79 Å². The zero-order chi connectivity index (χ0) is 16.7. The van der Waals surface area contributed by atoms with Gasteiger partial charge in [0.2, 0.25) is 5.78 Å². The summed E-state index contributed by atoms with van der Waals surface area (Å²) in [5.74, 6) is -1.02. The maximum atomic E-state index is 12.3. The van der Waals surface area contributed by atoms with Gasteiger partial charge in [0.05, 0.1) is 4.90 Å². The van der Waals surface area contributed by atoms with Gasteiger partial charge in [-0.1, -0.05) is 19.8 Å². The first kappa shape index (κ1) is 17.6. The predicted octanol–water partition coefficient (Wildman–Crippen LogP) is 3.40. The highest BCUT2D eigenvalue weighted by atomic mass is 32.2. The number of ketones is 1. The van der Waals surface area contributed by atoms with Gasteiger partial charge in [0.15, 0.2) is 14.8 Å². The standard InChI is InChI=1S/C16H20N2O3S2/c1-2-3-4-9-17-13-5-7-14(8-6-13)23(20,21)12-15(19)16-18-10-11-22-16/h5-8,10-11,17H,2-4,9,12H2,1H3. The van der Waals surface area contributed by atoms with Crippen molar-refractivity contribution in [3.63, 3.8) is 0 Å². The quantitative estimate of drug-likeness (QED) is 0.553. The molecule has 0 amide bonds. The van der Waals surface area contributed by atoms with Crippen molar-refractivity contribution in [2.45, 2.75) is 31.1 Å². The molecule has 0 fully saturated rings. The molecule has 5 nitrogen and oxygen atoms in total. The summed E-state index contributed by atoms with van der Waals surface area (Å²) in [5, 5.41) is 5.13. The molecule has 0 radical (unpaired) electrons. The van der Waals surface area contributed by atoms with Crippen LogP contribution >= 0.6 is 11.3 Å². The van der Waals surface area contributed by atoms with E-state index in [1.54, 1.807) is 17.5 Å². The minimum Gasteiger partial charge on any atom is -0.385 e. The van der Waals surface area contributed by atoms with E-state index in [-0.39, 0.29) is 9.90 Å². The van der Waals surface area contributed by atoms with Crippen LogP contribution in [0.15, 0.2) is 40.7 Å². The molecule has 0 aliphatic heterocycles. The lowest BCUT2D eigenvalue weighted by Gasteiger charge is -2.07. The third-order valence-corrected chi connectivity index (χ3v) is 5.76. The number of sulfone groups is 1. The Balaban J connectivity index is 1.98. The van der Waals surface area contributed by atoms with Crippen LogP contribution in [0.1, 0.15) is 36.0 Å². The molecule has 0 spiro atoms.